The zero-order chi connectivity index (χ0) is 18.6. The van der Waals surface area contributed by atoms with Crippen molar-refractivity contribution in [2.24, 2.45) is 5.16 Å². The van der Waals surface area contributed by atoms with E-state index in [2.05, 4.69) is 41.6 Å². The van der Waals surface area contributed by atoms with Crippen LogP contribution in [0.25, 0.3) is 11.1 Å². The van der Waals surface area contributed by atoms with Crippen LogP contribution in [0.15, 0.2) is 78.0 Å². The molecule has 1 aliphatic carbocycles. The Hall–Kier alpha value is -3.20. The van der Waals surface area contributed by atoms with Gasteiger partial charge in [0.1, 0.15) is 0 Å². The number of nitrogens with zero attached hydrogens (tertiary/aromatic N) is 1. The largest absolute Gasteiger partial charge is 0.335 e. The zero-order valence-electron chi connectivity index (χ0n) is 15.3. The van der Waals surface area contributed by atoms with Crippen molar-refractivity contribution >= 4 is 11.7 Å². The van der Waals surface area contributed by atoms with Gasteiger partial charge in [0.25, 0.3) is 0 Å². The molecular formula is C24H21NO2. The molecule has 0 bridgehead atoms. The molecule has 3 heteroatoms. The standard InChI is InChI=1S/C24H21NO2/c1-17(25-27-24(26)14-11-18-7-3-2-4-8-18)19-12-13-23-21(15-19)16-20-9-5-6-10-22(20)23/h2-10,12-13,15H,11,14,16H2,1H3/b25-17-. The first-order valence-corrected chi connectivity index (χ1v) is 9.20. The van der Waals surface area contributed by atoms with E-state index < -0.39 is 0 Å². The fourth-order valence-electron chi connectivity index (χ4n) is 3.48. The average Bonchev–Trinajstić information content (AvgIpc) is 3.09. The quantitative estimate of drug-likeness (QED) is 0.282. The van der Waals surface area contributed by atoms with Gasteiger partial charge in [-0.1, -0.05) is 71.9 Å². The van der Waals surface area contributed by atoms with Gasteiger partial charge in [-0.3, -0.25) is 0 Å². The van der Waals surface area contributed by atoms with Gasteiger partial charge in [-0.25, -0.2) is 4.79 Å². The zero-order valence-corrected chi connectivity index (χ0v) is 15.3. The summed E-state index contributed by atoms with van der Waals surface area (Å²) in [6.07, 6.45) is 1.91. The molecule has 0 spiro atoms. The molecule has 0 amide bonds. The molecule has 0 heterocycles. The molecule has 3 nitrogen and oxygen atoms in total. The van der Waals surface area contributed by atoms with Crippen molar-refractivity contribution in [3.8, 4) is 11.1 Å². The number of benzene rings is 3. The molecule has 4 rings (SSSR count). The third-order valence-electron chi connectivity index (χ3n) is 4.96. The summed E-state index contributed by atoms with van der Waals surface area (Å²) in [5.41, 5.74) is 8.04. The van der Waals surface area contributed by atoms with E-state index in [1.165, 1.54) is 22.3 Å². The molecule has 0 unspecified atom stereocenters. The van der Waals surface area contributed by atoms with Gasteiger partial charge in [-0.2, -0.15) is 0 Å². The number of carbonyl (C=O) groups is 1. The summed E-state index contributed by atoms with van der Waals surface area (Å²) in [4.78, 5) is 17.1. The highest BCUT2D eigenvalue weighted by Crippen LogP contribution is 2.36. The lowest BCUT2D eigenvalue weighted by Gasteiger charge is -2.05. The van der Waals surface area contributed by atoms with Crippen molar-refractivity contribution in [2.45, 2.75) is 26.2 Å². The summed E-state index contributed by atoms with van der Waals surface area (Å²) < 4.78 is 0. The molecule has 0 saturated carbocycles. The average molecular weight is 355 g/mol. The highest BCUT2D eigenvalue weighted by molar-refractivity contribution is 5.99. The van der Waals surface area contributed by atoms with Gasteiger partial charge in [0.2, 0.25) is 0 Å². The Balaban J connectivity index is 1.40. The number of hydrogen-bond donors (Lipinski definition) is 0. The van der Waals surface area contributed by atoms with Crippen LogP contribution >= 0.6 is 0 Å². The van der Waals surface area contributed by atoms with Crippen molar-refractivity contribution in [1.82, 2.24) is 0 Å². The summed E-state index contributed by atoms with van der Waals surface area (Å²) in [5.74, 6) is -0.313. The molecule has 0 radical (unpaired) electrons. The van der Waals surface area contributed by atoms with E-state index in [-0.39, 0.29) is 5.97 Å². The highest BCUT2D eigenvalue weighted by Gasteiger charge is 2.18. The van der Waals surface area contributed by atoms with Crippen LogP contribution in [0.3, 0.4) is 0 Å². The van der Waals surface area contributed by atoms with Crippen molar-refractivity contribution in [3.63, 3.8) is 0 Å². The van der Waals surface area contributed by atoms with Crippen molar-refractivity contribution < 1.29 is 9.63 Å². The van der Waals surface area contributed by atoms with Crippen molar-refractivity contribution in [1.29, 1.82) is 0 Å². The second-order valence-electron chi connectivity index (χ2n) is 6.83. The Labute approximate surface area is 159 Å². The molecule has 0 fully saturated rings. The van der Waals surface area contributed by atoms with Crippen LogP contribution in [0.1, 0.15) is 35.6 Å². The number of hydrogen-bond acceptors (Lipinski definition) is 3. The lowest BCUT2D eigenvalue weighted by atomic mass is 10.0. The van der Waals surface area contributed by atoms with Gasteiger partial charge in [0.05, 0.1) is 12.1 Å². The molecule has 1 aliphatic rings. The van der Waals surface area contributed by atoms with E-state index in [4.69, 9.17) is 4.84 Å². The Morgan fingerprint density at radius 2 is 1.67 bits per heavy atom. The first-order chi connectivity index (χ1) is 13.2. The van der Waals surface area contributed by atoms with Gasteiger partial charge in [-0.05, 0) is 59.2 Å². The van der Waals surface area contributed by atoms with E-state index in [9.17, 15) is 4.79 Å². The number of oxime groups is 1. The van der Waals surface area contributed by atoms with Crippen LogP contribution in [0.4, 0.5) is 0 Å². The third kappa shape index (κ3) is 3.82. The molecule has 3 aromatic rings. The predicted molar refractivity (Wildman–Crippen MR) is 108 cm³/mol. The van der Waals surface area contributed by atoms with Crippen molar-refractivity contribution in [3.05, 3.63) is 95.1 Å². The minimum absolute atomic E-state index is 0.313. The maximum Gasteiger partial charge on any atom is 0.335 e. The van der Waals surface area contributed by atoms with Crippen LogP contribution in [0.5, 0.6) is 0 Å². The van der Waals surface area contributed by atoms with Gasteiger partial charge in [0, 0.05) is 0 Å². The second-order valence-corrected chi connectivity index (χ2v) is 6.83. The van der Waals surface area contributed by atoms with Gasteiger partial charge >= 0.3 is 5.97 Å². The van der Waals surface area contributed by atoms with Crippen LogP contribution in [-0.2, 0) is 22.5 Å². The highest BCUT2D eigenvalue weighted by atomic mass is 16.7. The Morgan fingerprint density at radius 1 is 0.926 bits per heavy atom. The lowest BCUT2D eigenvalue weighted by molar-refractivity contribution is -0.143. The van der Waals surface area contributed by atoms with Crippen LogP contribution in [0.2, 0.25) is 0 Å². The normalized spacial score (nSPS) is 12.4. The van der Waals surface area contributed by atoms with E-state index in [1.54, 1.807) is 0 Å². The molecule has 0 saturated heterocycles. The second kappa shape index (κ2) is 7.58. The summed E-state index contributed by atoms with van der Waals surface area (Å²) in [6, 6.07) is 24.7. The Kier molecular flexibility index (Phi) is 4.84. The van der Waals surface area contributed by atoms with E-state index in [0.29, 0.717) is 18.6 Å². The first kappa shape index (κ1) is 17.2. The molecule has 134 valence electrons. The van der Waals surface area contributed by atoms with Gasteiger partial charge in [-0.15, -0.1) is 0 Å². The van der Waals surface area contributed by atoms with Crippen LogP contribution in [0, 0.1) is 0 Å². The predicted octanol–water partition coefficient (Wildman–Crippen LogP) is 5.16. The summed E-state index contributed by atoms with van der Waals surface area (Å²) in [5, 5.41) is 4.05. The van der Waals surface area contributed by atoms with E-state index in [1.807, 2.05) is 43.3 Å². The van der Waals surface area contributed by atoms with Crippen LogP contribution in [-0.4, -0.2) is 11.7 Å². The number of fused-ring (bicyclic) bond motifs is 3. The Morgan fingerprint density at radius 3 is 2.52 bits per heavy atom. The number of aryl methyl sites for hydroxylation is 1. The molecule has 0 atom stereocenters. The first-order valence-electron chi connectivity index (χ1n) is 9.20. The monoisotopic (exact) mass is 355 g/mol. The van der Waals surface area contributed by atoms with Gasteiger partial charge < -0.3 is 4.84 Å². The lowest BCUT2D eigenvalue weighted by Crippen LogP contribution is -2.05. The van der Waals surface area contributed by atoms with Crippen molar-refractivity contribution in [2.75, 3.05) is 0 Å². The maximum absolute atomic E-state index is 12.0. The molecule has 0 aliphatic heterocycles. The van der Waals surface area contributed by atoms with E-state index in [0.717, 1.165) is 17.5 Å². The fraction of sp³-hybridized carbons (Fsp3) is 0.167. The molecular weight excluding hydrogens is 334 g/mol. The summed E-state index contributed by atoms with van der Waals surface area (Å²) >= 11 is 0. The molecule has 0 aromatic heterocycles. The summed E-state index contributed by atoms with van der Waals surface area (Å²) in [7, 11) is 0. The minimum atomic E-state index is -0.313. The smallest absolute Gasteiger partial charge is 0.318 e. The number of carbonyl (C=O) groups excluding carboxylic acids is 1. The summed E-state index contributed by atoms with van der Waals surface area (Å²) in [6.45, 7) is 1.87. The minimum Gasteiger partial charge on any atom is -0.318 e. The SMILES string of the molecule is C/C(=N/OC(=O)CCc1ccccc1)c1ccc2c(c1)Cc1ccccc1-2. The topological polar surface area (TPSA) is 38.7 Å². The Bertz CT molecular complexity index is 1010. The third-order valence-corrected chi connectivity index (χ3v) is 4.96. The molecule has 3 aromatic carbocycles. The van der Waals surface area contributed by atoms with Crippen LogP contribution < -0.4 is 0 Å². The molecule has 0 N–H and O–H groups in total. The van der Waals surface area contributed by atoms with Gasteiger partial charge in [0.15, 0.2) is 0 Å². The number of rotatable bonds is 5. The molecule has 27 heavy (non-hydrogen) atoms. The maximum atomic E-state index is 12.0. The fourth-order valence-corrected chi connectivity index (χ4v) is 3.48. The van der Waals surface area contributed by atoms with E-state index >= 15 is 0 Å².